The predicted molar refractivity (Wildman–Crippen MR) is 93.7 cm³/mol. The molecular weight excluding hydrogens is 290 g/mol. The molecule has 1 aromatic carbocycles. The highest BCUT2D eigenvalue weighted by Gasteiger charge is 2.20. The summed E-state index contributed by atoms with van der Waals surface area (Å²) in [4.78, 5) is 25.2. The number of quaternary nitrogens is 1. The van der Waals surface area contributed by atoms with Crippen molar-refractivity contribution < 1.29 is 14.5 Å². The molecule has 1 unspecified atom stereocenters. The fraction of sp³-hybridized carbons (Fsp3) is 0.556. The van der Waals surface area contributed by atoms with Gasteiger partial charge in [0, 0.05) is 11.2 Å². The summed E-state index contributed by atoms with van der Waals surface area (Å²) in [7, 11) is 0. The first-order chi connectivity index (χ1) is 10.6. The number of anilines is 1. The van der Waals surface area contributed by atoms with Crippen LogP contribution in [0.4, 0.5) is 5.69 Å². The van der Waals surface area contributed by atoms with Crippen LogP contribution in [0.3, 0.4) is 0 Å². The van der Waals surface area contributed by atoms with Gasteiger partial charge >= 0.3 is 0 Å². The van der Waals surface area contributed by atoms with Gasteiger partial charge in [-0.2, -0.15) is 0 Å². The molecule has 23 heavy (non-hydrogen) atoms. The second-order valence-corrected chi connectivity index (χ2v) is 7.07. The second kappa shape index (κ2) is 8.11. The zero-order valence-electron chi connectivity index (χ0n) is 15.2. The summed E-state index contributed by atoms with van der Waals surface area (Å²) < 4.78 is 0. The van der Waals surface area contributed by atoms with E-state index in [1.165, 1.54) is 0 Å². The molecule has 0 radical (unpaired) electrons. The molecule has 0 spiro atoms. The van der Waals surface area contributed by atoms with Crippen molar-refractivity contribution in [2.45, 2.75) is 47.1 Å². The van der Waals surface area contributed by atoms with Crippen LogP contribution in [-0.4, -0.2) is 37.0 Å². The Hall–Kier alpha value is -1.88. The van der Waals surface area contributed by atoms with Crippen LogP contribution < -0.4 is 15.5 Å². The first-order valence-corrected chi connectivity index (χ1v) is 8.13. The zero-order chi connectivity index (χ0) is 17.6. The van der Waals surface area contributed by atoms with E-state index in [0.717, 1.165) is 28.3 Å². The van der Waals surface area contributed by atoms with Gasteiger partial charge in [-0.05, 0) is 52.7 Å². The fourth-order valence-corrected chi connectivity index (χ4v) is 2.42. The maximum absolute atomic E-state index is 12.3. The van der Waals surface area contributed by atoms with E-state index in [1.807, 2.05) is 59.7 Å². The molecular formula is C18H30N3O2+. The maximum atomic E-state index is 12.3. The molecule has 0 fully saturated rings. The van der Waals surface area contributed by atoms with Crippen LogP contribution in [0.5, 0.6) is 0 Å². The molecule has 0 aliphatic rings. The van der Waals surface area contributed by atoms with E-state index < -0.39 is 0 Å². The Kier molecular flexibility index (Phi) is 6.76. The van der Waals surface area contributed by atoms with Crippen molar-refractivity contribution in [3.63, 3.8) is 0 Å². The highest BCUT2D eigenvalue weighted by Crippen LogP contribution is 2.18. The molecule has 0 bridgehead atoms. The standard InChI is InChI=1S/C18H29N3O2/c1-7-21(12-16(23)20-18(4,5)6)11-15(22)19-17-13(2)9-8-10-14(17)3/h8-10H,7,11-12H2,1-6H3,(H,19,22)(H,20,23)/p+1. The Bertz CT molecular complexity index is 542. The van der Waals surface area contributed by atoms with E-state index >= 15 is 0 Å². The number of nitrogens with one attached hydrogen (secondary N) is 3. The fourth-order valence-electron chi connectivity index (χ4n) is 2.42. The number of carbonyl (C=O) groups is 2. The number of benzene rings is 1. The normalized spacial score (nSPS) is 12.6. The highest BCUT2D eigenvalue weighted by molar-refractivity contribution is 5.93. The lowest BCUT2D eigenvalue weighted by molar-refractivity contribution is -0.881. The number of carbonyl (C=O) groups excluding carboxylic acids is 2. The third-order valence-electron chi connectivity index (χ3n) is 3.58. The Morgan fingerprint density at radius 1 is 1.04 bits per heavy atom. The second-order valence-electron chi connectivity index (χ2n) is 7.07. The monoisotopic (exact) mass is 320 g/mol. The summed E-state index contributed by atoms with van der Waals surface area (Å²) in [5.41, 5.74) is 2.70. The quantitative estimate of drug-likeness (QED) is 0.734. The van der Waals surface area contributed by atoms with Crippen molar-refractivity contribution in [3.8, 4) is 0 Å². The Morgan fingerprint density at radius 2 is 1.57 bits per heavy atom. The summed E-state index contributed by atoms with van der Waals surface area (Å²) in [6, 6.07) is 5.93. The minimum atomic E-state index is -0.254. The number of para-hydroxylation sites is 1. The van der Waals surface area contributed by atoms with Gasteiger partial charge < -0.3 is 15.5 Å². The minimum absolute atomic E-state index is 0.0331. The molecule has 5 nitrogen and oxygen atoms in total. The lowest BCUT2D eigenvalue weighted by atomic mass is 10.1. The topological polar surface area (TPSA) is 62.6 Å². The van der Waals surface area contributed by atoms with Crippen LogP contribution in [0.25, 0.3) is 0 Å². The van der Waals surface area contributed by atoms with Gasteiger partial charge in [0.05, 0.1) is 6.54 Å². The number of hydrogen-bond acceptors (Lipinski definition) is 2. The molecule has 0 heterocycles. The third-order valence-corrected chi connectivity index (χ3v) is 3.58. The molecule has 0 saturated heterocycles. The van der Waals surface area contributed by atoms with Gasteiger partial charge in [-0.25, -0.2) is 0 Å². The van der Waals surface area contributed by atoms with Gasteiger partial charge in [0.1, 0.15) is 0 Å². The number of hydrogen-bond donors (Lipinski definition) is 3. The molecule has 0 saturated carbocycles. The lowest BCUT2D eigenvalue weighted by Crippen LogP contribution is -3.14. The predicted octanol–water partition coefficient (Wildman–Crippen LogP) is 1.06. The minimum Gasteiger partial charge on any atom is -0.347 e. The summed E-state index contributed by atoms with van der Waals surface area (Å²) in [5.74, 6) is -0.1000. The molecule has 0 aliphatic heterocycles. The largest absolute Gasteiger partial charge is 0.347 e. The number of aryl methyl sites for hydroxylation is 2. The SMILES string of the molecule is CC[NH+](CC(=O)Nc1c(C)cccc1C)CC(=O)NC(C)(C)C. The van der Waals surface area contributed by atoms with Crippen molar-refractivity contribution in [2.24, 2.45) is 0 Å². The highest BCUT2D eigenvalue weighted by atomic mass is 16.2. The van der Waals surface area contributed by atoms with Crippen LogP contribution in [0.15, 0.2) is 18.2 Å². The number of rotatable bonds is 6. The van der Waals surface area contributed by atoms with E-state index in [1.54, 1.807) is 0 Å². The van der Waals surface area contributed by atoms with Gasteiger partial charge in [-0.15, -0.1) is 0 Å². The van der Waals surface area contributed by atoms with Crippen molar-refractivity contribution in [1.82, 2.24) is 5.32 Å². The molecule has 1 aromatic rings. The third kappa shape index (κ3) is 6.82. The van der Waals surface area contributed by atoms with Crippen LogP contribution in [0.1, 0.15) is 38.8 Å². The van der Waals surface area contributed by atoms with Crippen LogP contribution in [0.2, 0.25) is 0 Å². The van der Waals surface area contributed by atoms with Crippen molar-refractivity contribution in [3.05, 3.63) is 29.3 Å². The smallest absolute Gasteiger partial charge is 0.279 e. The average Bonchev–Trinajstić information content (AvgIpc) is 2.40. The lowest BCUT2D eigenvalue weighted by Gasteiger charge is -2.23. The molecule has 0 aliphatic carbocycles. The van der Waals surface area contributed by atoms with Gasteiger partial charge in [-0.1, -0.05) is 18.2 Å². The Morgan fingerprint density at radius 3 is 2.04 bits per heavy atom. The summed E-state index contributed by atoms with van der Waals surface area (Å²) >= 11 is 0. The van der Waals surface area contributed by atoms with Crippen LogP contribution in [-0.2, 0) is 9.59 Å². The van der Waals surface area contributed by atoms with Gasteiger partial charge in [0.15, 0.2) is 13.1 Å². The van der Waals surface area contributed by atoms with E-state index in [0.29, 0.717) is 6.54 Å². The molecule has 2 amide bonds. The first kappa shape index (κ1) is 19.2. The van der Waals surface area contributed by atoms with E-state index in [9.17, 15) is 9.59 Å². The summed E-state index contributed by atoms with van der Waals surface area (Å²) in [6.45, 7) is 13.1. The maximum Gasteiger partial charge on any atom is 0.279 e. The molecule has 5 heteroatoms. The molecule has 128 valence electrons. The van der Waals surface area contributed by atoms with Crippen LogP contribution >= 0.6 is 0 Å². The van der Waals surface area contributed by atoms with Gasteiger partial charge in [-0.3, -0.25) is 9.59 Å². The van der Waals surface area contributed by atoms with Gasteiger partial charge in [0.25, 0.3) is 11.8 Å². The molecule has 1 atom stereocenters. The Balaban J connectivity index is 2.62. The first-order valence-electron chi connectivity index (χ1n) is 8.13. The average molecular weight is 320 g/mol. The molecule has 1 rings (SSSR count). The Labute approximate surface area is 139 Å². The van der Waals surface area contributed by atoms with Crippen LogP contribution in [0, 0.1) is 13.8 Å². The van der Waals surface area contributed by atoms with Crippen molar-refractivity contribution >= 4 is 17.5 Å². The summed E-state index contributed by atoms with van der Waals surface area (Å²) in [6.07, 6.45) is 0. The number of amides is 2. The van der Waals surface area contributed by atoms with Crippen molar-refractivity contribution in [1.29, 1.82) is 0 Å². The van der Waals surface area contributed by atoms with E-state index in [4.69, 9.17) is 0 Å². The number of likely N-dealkylation sites (N-methyl/N-ethyl adjacent to an activating group) is 1. The molecule has 0 aromatic heterocycles. The van der Waals surface area contributed by atoms with Crippen molar-refractivity contribution in [2.75, 3.05) is 25.0 Å². The van der Waals surface area contributed by atoms with Gasteiger partial charge in [0.2, 0.25) is 0 Å². The zero-order valence-corrected chi connectivity index (χ0v) is 15.2. The van der Waals surface area contributed by atoms with E-state index in [-0.39, 0.29) is 23.9 Å². The summed E-state index contributed by atoms with van der Waals surface area (Å²) in [5, 5.41) is 5.91. The molecule has 3 N–H and O–H groups in total. The van der Waals surface area contributed by atoms with E-state index in [2.05, 4.69) is 10.6 Å².